The molecular formula is C10H16S. The maximum absolute atomic E-state index is 2.41. The first-order valence-electron chi connectivity index (χ1n) is 4.59. The first-order valence-corrected chi connectivity index (χ1v) is 5.54. The number of hydrogen-bond acceptors (Lipinski definition) is 1. The standard InChI is InChI=1S/C10H16S/c1-7(2)9-5-8-3-4-11-10(8)6-9/h3-4,7-10H,5-6H2,1-2H3. The van der Waals surface area contributed by atoms with Crippen molar-refractivity contribution >= 4 is 11.8 Å². The molecule has 0 aromatic rings. The molecule has 2 aliphatic rings. The molecule has 0 N–H and O–H groups in total. The van der Waals surface area contributed by atoms with E-state index in [0.29, 0.717) is 0 Å². The molecule has 11 heavy (non-hydrogen) atoms. The van der Waals surface area contributed by atoms with E-state index in [1.54, 1.807) is 0 Å². The van der Waals surface area contributed by atoms with E-state index in [4.69, 9.17) is 0 Å². The second-order valence-corrected chi connectivity index (χ2v) is 5.29. The first kappa shape index (κ1) is 7.72. The van der Waals surface area contributed by atoms with Crippen molar-refractivity contribution in [3.63, 3.8) is 0 Å². The van der Waals surface area contributed by atoms with Gasteiger partial charge in [0, 0.05) is 5.25 Å². The summed E-state index contributed by atoms with van der Waals surface area (Å²) in [5.41, 5.74) is 0. The van der Waals surface area contributed by atoms with Gasteiger partial charge in [0.2, 0.25) is 0 Å². The fraction of sp³-hybridized carbons (Fsp3) is 0.800. The van der Waals surface area contributed by atoms with Gasteiger partial charge in [0.25, 0.3) is 0 Å². The number of hydrogen-bond donors (Lipinski definition) is 0. The fourth-order valence-corrected chi connectivity index (χ4v) is 3.48. The Morgan fingerprint density at radius 1 is 1.36 bits per heavy atom. The Kier molecular flexibility index (Phi) is 2.00. The second kappa shape index (κ2) is 2.85. The van der Waals surface area contributed by atoms with Crippen LogP contribution in [0.4, 0.5) is 0 Å². The number of allylic oxidation sites excluding steroid dienone is 1. The monoisotopic (exact) mass is 168 g/mol. The van der Waals surface area contributed by atoms with E-state index < -0.39 is 0 Å². The minimum Gasteiger partial charge on any atom is -0.130 e. The van der Waals surface area contributed by atoms with Crippen LogP contribution in [-0.4, -0.2) is 5.25 Å². The quantitative estimate of drug-likeness (QED) is 0.579. The third-order valence-electron chi connectivity index (χ3n) is 3.11. The van der Waals surface area contributed by atoms with Gasteiger partial charge < -0.3 is 0 Å². The van der Waals surface area contributed by atoms with Crippen LogP contribution in [0.2, 0.25) is 0 Å². The van der Waals surface area contributed by atoms with Gasteiger partial charge in [-0.3, -0.25) is 0 Å². The zero-order valence-electron chi connectivity index (χ0n) is 7.29. The van der Waals surface area contributed by atoms with Crippen molar-refractivity contribution in [1.29, 1.82) is 0 Å². The second-order valence-electron chi connectivity index (χ2n) is 4.14. The molecule has 1 saturated carbocycles. The molecule has 0 saturated heterocycles. The van der Waals surface area contributed by atoms with Crippen LogP contribution in [0, 0.1) is 17.8 Å². The third-order valence-corrected chi connectivity index (χ3v) is 4.32. The van der Waals surface area contributed by atoms with Crippen LogP contribution in [0.1, 0.15) is 26.7 Å². The molecule has 0 amide bonds. The molecule has 0 spiro atoms. The molecule has 0 aromatic carbocycles. The molecule has 0 radical (unpaired) electrons. The zero-order chi connectivity index (χ0) is 7.84. The average molecular weight is 168 g/mol. The molecule has 1 fully saturated rings. The van der Waals surface area contributed by atoms with E-state index >= 15 is 0 Å². The lowest BCUT2D eigenvalue weighted by Crippen LogP contribution is -2.04. The van der Waals surface area contributed by atoms with Crippen LogP contribution in [0.15, 0.2) is 11.5 Å². The van der Waals surface area contributed by atoms with Crippen molar-refractivity contribution in [1.82, 2.24) is 0 Å². The minimum atomic E-state index is 0.898. The molecule has 0 aromatic heterocycles. The summed E-state index contributed by atoms with van der Waals surface area (Å²) in [7, 11) is 0. The molecule has 0 nitrogen and oxygen atoms in total. The molecule has 1 heteroatoms. The summed E-state index contributed by atoms with van der Waals surface area (Å²) in [5, 5.41) is 3.24. The smallest absolute Gasteiger partial charge is 0.0154 e. The molecule has 3 atom stereocenters. The first-order chi connectivity index (χ1) is 5.27. The van der Waals surface area contributed by atoms with Crippen LogP contribution in [0.25, 0.3) is 0 Å². The van der Waals surface area contributed by atoms with Gasteiger partial charge in [-0.1, -0.05) is 19.9 Å². The highest BCUT2D eigenvalue weighted by atomic mass is 32.2. The predicted molar refractivity (Wildman–Crippen MR) is 51.6 cm³/mol. The highest BCUT2D eigenvalue weighted by molar-refractivity contribution is 8.03. The van der Waals surface area contributed by atoms with Crippen molar-refractivity contribution < 1.29 is 0 Å². The van der Waals surface area contributed by atoms with Gasteiger partial charge >= 0.3 is 0 Å². The molecule has 3 unspecified atom stereocenters. The summed E-state index contributed by atoms with van der Waals surface area (Å²) in [4.78, 5) is 0. The van der Waals surface area contributed by atoms with Crippen LogP contribution >= 0.6 is 11.8 Å². The summed E-state index contributed by atoms with van der Waals surface area (Å²) in [6, 6.07) is 0. The van der Waals surface area contributed by atoms with E-state index in [0.717, 1.165) is 23.0 Å². The zero-order valence-corrected chi connectivity index (χ0v) is 8.10. The summed E-state index contributed by atoms with van der Waals surface area (Å²) in [6.45, 7) is 4.72. The molecule has 0 bridgehead atoms. The van der Waals surface area contributed by atoms with Crippen molar-refractivity contribution in [2.75, 3.05) is 0 Å². The molecular weight excluding hydrogens is 152 g/mol. The van der Waals surface area contributed by atoms with E-state index in [9.17, 15) is 0 Å². The Morgan fingerprint density at radius 2 is 2.18 bits per heavy atom. The van der Waals surface area contributed by atoms with Crippen LogP contribution in [-0.2, 0) is 0 Å². The van der Waals surface area contributed by atoms with Gasteiger partial charge in [-0.25, -0.2) is 0 Å². The van der Waals surface area contributed by atoms with Gasteiger partial charge in [0.05, 0.1) is 0 Å². The third kappa shape index (κ3) is 1.35. The van der Waals surface area contributed by atoms with Gasteiger partial charge in [-0.2, -0.15) is 0 Å². The van der Waals surface area contributed by atoms with Crippen molar-refractivity contribution in [2.45, 2.75) is 31.9 Å². The molecule has 1 aliphatic heterocycles. The topological polar surface area (TPSA) is 0 Å². The van der Waals surface area contributed by atoms with Gasteiger partial charge in [0.1, 0.15) is 0 Å². The largest absolute Gasteiger partial charge is 0.130 e. The van der Waals surface area contributed by atoms with Crippen molar-refractivity contribution in [3.05, 3.63) is 11.5 Å². The summed E-state index contributed by atoms with van der Waals surface area (Å²) < 4.78 is 0. The van der Waals surface area contributed by atoms with Crippen LogP contribution in [0.3, 0.4) is 0 Å². The van der Waals surface area contributed by atoms with Gasteiger partial charge in [-0.05, 0) is 36.0 Å². The maximum atomic E-state index is 2.41. The lowest BCUT2D eigenvalue weighted by molar-refractivity contribution is 0.389. The number of rotatable bonds is 1. The number of fused-ring (bicyclic) bond motifs is 1. The van der Waals surface area contributed by atoms with E-state index in [2.05, 4.69) is 37.1 Å². The van der Waals surface area contributed by atoms with Crippen LogP contribution in [0.5, 0.6) is 0 Å². The summed E-state index contributed by atoms with van der Waals surface area (Å²) in [6.07, 6.45) is 5.32. The Morgan fingerprint density at radius 3 is 2.82 bits per heavy atom. The van der Waals surface area contributed by atoms with Crippen molar-refractivity contribution in [3.8, 4) is 0 Å². The van der Waals surface area contributed by atoms with Crippen LogP contribution < -0.4 is 0 Å². The Balaban J connectivity index is 1.99. The van der Waals surface area contributed by atoms with Gasteiger partial charge in [-0.15, -0.1) is 11.8 Å². The highest BCUT2D eigenvalue weighted by Gasteiger charge is 2.36. The predicted octanol–water partition coefficient (Wildman–Crippen LogP) is 3.30. The van der Waals surface area contributed by atoms with E-state index in [1.165, 1.54) is 12.8 Å². The lowest BCUT2D eigenvalue weighted by atomic mass is 9.93. The summed E-state index contributed by atoms with van der Waals surface area (Å²) >= 11 is 2.05. The van der Waals surface area contributed by atoms with Gasteiger partial charge in [0.15, 0.2) is 0 Å². The lowest BCUT2D eigenvalue weighted by Gasteiger charge is -2.13. The molecule has 1 heterocycles. The Bertz CT molecular complexity index is 172. The average Bonchev–Trinajstić information content (AvgIpc) is 2.40. The van der Waals surface area contributed by atoms with E-state index in [-0.39, 0.29) is 0 Å². The summed E-state index contributed by atoms with van der Waals surface area (Å²) in [5.74, 6) is 2.82. The molecule has 1 aliphatic carbocycles. The van der Waals surface area contributed by atoms with E-state index in [1.807, 2.05) is 0 Å². The minimum absolute atomic E-state index is 0.898. The SMILES string of the molecule is CC(C)C1CC2C=CSC2C1. The molecule has 2 rings (SSSR count). The molecule has 62 valence electrons. The van der Waals surface area contributed by atoms with Crippen molar-refractivity contribution in [2.24, 2.45) is 17.8 Å². The Hall–Kier alpha value is 0.0900. The highest BCUT2D eigenvalue weighted by Crippen LogP contribution is 2.46. The number of thioether (sulfide) groups is 1. The normalized spacial score (nSPS) is 41.9. The Labute approximate surface area is 73.4 Å². The fourth-order valence-electron chi connectivity index (χ4n) is 2.22. The maximum Gasteiger partial charge on any atom is 0.0154 e.